The van der Waals surface area contributed by atoms with Crippen molar-refractivity contribution in [1.82, 2.24) is 19.5 Å². The van der Waals surface area contributed by atoms with Gasteiger partial charge in [-0.25, -0.2) is 9.97 Å². The summed E-state index contributed by atoms with van der Waals surface area (Å²) in [7, 11) is -6.61. The van der Waals surface area contributed by atoms with E-state index in [0.29, 0.717) is 23.5 Å². The molecular weight excluding hydrogens is 579 g/mol. The van der Waals surface area contributed by atoms with Gasteiger partial charge in [-0.2, -0.15) is 4.98 Å². The van der Waals surface area contributed by atoms with Gasteiger partial charge in [-0.05, 0) is 60.5 Å². The first kappa shape index (κ1) is 35.1. The number of anilines is 1. The highest BCUT2D eigenvalue weighted by molar-refractivity contribution is 6.75. The summed E-state index contributed by atoms with van der Waals surface area (Å²) in [6.45, 7) is 38.3. The van der Waals surface area contributed by atoms with Crippen LogP contribution >= 0.6 is 0 Å². The van der Waals surface area contributed by atoms with Crippen LogP contribution in [0.4, 0.5) is 5.95 Å². The minimum absolute atomic E-state index is 0.000310. The lowest BCUT2D eigenvalue weighted by Crippen LogP contribution is -2.54. The largest absolute Gasteiger partial charge is 0.414 e. The van der Waals surface area contributed by atoms with E-state index in [0.717, 1.165) is 0 Å². The molecule has 0 bridgehead atoms. The van der Waals surface area contributed by atoms with Gasteiger partial charge >= 0.3 is 0 Å². The highest BCUT2D eigenvalue weighted by Gasteiger charge is 2.55. The lowest BCUT2D eigenvalue weighted by atomic mass is 10.1. The van der Waals surface area contributed by atoms with Crippen LogP contribution < -0.4 is 5.73 Å². The number of hydrogen-bond donors (Lipinski definition) is 1. The van der Waals surface area contributed by atoms with Gasteiger partial charge in [0.05, 0.1) is 18.6 Å². The van der Waals surface area contributed by atoms with Gasteiger partial charge < -0.3 is 23.7 Å². The Hall–Kier alpha value is -1.42. The maximum absolute atomic E-state index is 7.26. The van der Waals surface area contributed by atoms with Gasteiger partial charge in [0.1, 0.15) is 23.8 Å². The molecule has 2 aromatic rings. The molecule has 9 nitrogen and oxygen atoms in total. The van der Waals surface area contributed by atoms with Crippen LogP contribution in [0, 0.1) is 0 Å². The zero-order valence-corrected chi connectivity index (χ0v) is 31.9. The van der Waals surface area contributed by atoms with E-state index in [-0.39, 0.29) is 33.3 Å². The molecule has 0 unspecified atom stereocenters. The smallest absolute Gasteiger partial charge is 0.222 e. The molecule has 0 aliphatic carbocycles. The molecule has 0 aromatic carbocycles. The van der Waals surface area contributed by atoms with Gasteiger partial charge in [-0.1, -0.05) is 68.9 Å². The predicted octanol–water partition coefficient (Wildman–Crippen LogP) is 7.75. The third kappa shape index (κ3) is 6.94. The molecule has 4 atom stereocenters. The number of hydrogen-bond acceptors (Lipinski definition) is 8. The predicted molar refractivity (Wildman–Crippen MR) is 181 cm³/mol. The lowest BCUT2D eigenvalue weighted by Gasteiger charge is -2.44. The maximum Gasteiger partial charge on any atom is 0.222 e. The summed E-state index contributed by atoms with van der Waals surface area (Å²) in [4.78, 5) is 13.6. The highest BCUT2D eigenvalue weighted by Crippen LogP contribution is 2.47. The highest BCUT2D eigenvalue weighted by atomic mass is 28.4. The molecule has 2 aromatic heterocycles. The first-order chi connectivity index (χ1) is 18.8. The standard InChI is InChI=1S/C30H57N5O4Si3/c1-17-20-22-25(34-27(31)33-20)35(19-32-22)26-24(39-42(15,16)30(8,9)10)23(38-41(13,14)29(5,6)7)21(37-26)18-36-40(11,12)28(2,3)4/h17,19,21,23-24,26H,1,18H2,2-16H3,(H2,31,33,34)/t21-,23-,24-,26-/m1/s1. The van der Waals surface area contributed by atoms with Crippen LogP contribution in [-0.2, 0) is 18.0 Å². The second-order valence-electron chi connectivity index (χ2n) is 16.3. The molecule has 3 heterocycles. The molecule has 2 N–H and O–H groups in total. The van der Waals surface area contributed by atoms with E-state index < -0.39 is 37.3 Å². The third-order valence-electron chi connectivity index (χ3n) is 10.1. The Balaban J connectivity index is 2.20. The number of nitrogens with zero attached hydrogens (tertiary/aromatic N) is 4. The Kier molecular flexibility index (Phi) is 9.60. The number of aromatic nitrogens is 4. The Morgan fingerprint density at radius 3 is 1.83 bits per heavy atom. The minimum Gasteiger partial charge on any atom is -0.414 e. The first-order valence-electron chi connectivity index (χ1n) is 15.1. The maximum atomic E-state index is 7.26. The normalized spacial score (nSPS) is 23.1. The number of ether oxygens (including phenoxy) is 1. The second kappa shape index (κ2) is 11.5. The van der Waals surface area contributed by atoms with E-state index in [1.807, 2.05) is 4.57 Å². The average Bonchev–Trinajstić information content (AvgIpc) is 3.36. The molecule has 1 aliphatic rings. The van der Waals surface area contributed by atoms with E-state index in [2.05, 4.69) is 123 Å². The Morgan fingerprint density at radius 1 is 0.857 bits per heavy atom. The SMILES string of the molecule is C=Cc1nc(N)nc2c1ncn2[C@@H]1O[C@H](CO[Si](C)(C)C(C)(C)C)[C@@H](O[Si](C)(C)C(C)(C)C)[C@H]1O[Si](C)(C)C(C)(C)C. The Labute approximate surface area is 257 Å². The summed E-state index contributed by atoms with van der Waals surface area (Å²) >= 11 is 0. The number of imidazole rings is 1. The molecule has 1 aliphatic heterocycles. The zero-order valence-electron chi connectivity index (χ0n) is 28.9. The molecule has 0 saturated carbocycles. The molecule has 3 rings (SSSR count). The van der Waals surface area contributed by atoms with E-state index in [1.54, 1.807) is 12.4 Å². The van der Waals surface area contributed by atoms with Crippen LogP contribution in [0.5, 0.6) is 0 Å². The van der Waals surface area contributed by atoms with Crippen molar-refractivity contribution in [3.63, 3.8) is 0 Å². The molecule has 238 valence electrons. The van der Waals surface area contributed by atoms with Gasteiger partial charge in [0.25, 0.3) is 0 Å². The minimum atomic E-state index is -2.29. The number of nitrogen functional groups attached to an aromatic ring is 1. The van der Waals surface area contributed by atoms with Gasteiger partial charge in [-0.15, -0.1) is 0 Å². The van der Waals surface area contributed by atoms with Crippen molar-refractivity contribution in [3.8, 4) is 0 Å². The van der Waals surface area contributed by atoms with Crippen molar-refractivity contribution >= 4 is 48.1 Å². The summed E-state index contributed by atoms with van der Waals surface area (Å²) in [5.41, 5.74) is 7.93. The number of fused-ring (bicyclic) bond motifs is 1. The average molecular weight is 636 g/mol. The van der Waals surface area contributed by atoms with Crippen LogP contribution in [0.2, 0.25) is 54.4 Å². The quantitative estimate of drug-likeness (QED) is 0.279. The molecule has 0 spiro atoms. The monoisotopic (exact) mass is 635 g/mol. The van der Waals surface area contributed by atoms with Crippen molar-refractivity contribution in [1.29, 1.82) is 0 Å². The van der Waals surface area contributed by atoms with Crippen molar-refractivity contribution in [2.75, 3.05) is 12.3 Å². The van der Waals surface area contributed by atoms with E-state index in [9.17, 15) is 0 Å². The Morgan fingerprint density at radius 2 is 1.36 bits per heavy atom. The fourth-order valence-electron chi connectivity index (χ4n) is 4.16. The molecule has 1 fully saturated rings. The first-order valence-corrected chi connectivity index (χ1v) is 23.8. The van der Waals surface area contributed by atoms with Crippen LogP contribution in [0.3, 0.4) is 0 Å². The number of rotatable bonds is 9. The van der Waals surface area contributed by atoms with Gasteiger partial charge in [0.15, 0.2) is 36.8 Å². The summed E-state index contributed by atoms with van der Waals surface area (Å²) in [5, 5.41) is 0.0437. The fourth-order valence-corrected chi connectivity index (χ4v) is 7.78. The number of nitrogens with two attached hydrogens (primary N) is 1. The van der Waals surface area contributed by atoms with Crippen molar-refractivity contribution < 1.29 is 18.0 Å². The van der Waals surface area contributed by atoms with Crippen LogP contribution in [0.25, 0.3) is 17.2 Å². The molecule has 12 heteroatoms. The van der Waals surface area contributed by atoms with Crippen molar-refractivity contribution in [2.24, 2.45) is 0 Å². The molecule has 0 radical (unpaired) electrons. The summed E-state index contributed by atoms with van der Waals surface area (Å²) in [6, 6.07) is 0. The summed E-state index contributed by atoms with van der Waals surface area (Å²) in [6.07, 6.45) is 1.76. The van der Waals surface area contributed by atoms with Crippen molar-refractivity contribution in [3.05, 3.63) is 18.6 Å². The van der Waals surface area contributed by atoms with Crippen molar-refractivity contribution in [2.45, 2.75) is 141 Å². The zero-order chi connectivity index (χ0) is 32.3. The molecule has 42 heavy (non-hydrogen) atoms. The van der Waals surface area contributed by atoms with Gasteiger partial charge in [0.2, 0.25) is 5.95 Å². The Bertz CT molecular complexity index is 1270. The van der Waals surface area contributed by atoms with Crippen LogP contribution in [0.15, 0.2) is 12.9 Å². The molecule has 1 saturated heterocycles. The summed E-state index contributed by atoms with van der Waals surface area (Å²) < 4.78 is 30.2. The van der Waals surface area contributed by atoms with E-state index in [1.165, 1.54) is 0 Å². The molecule has 0 amide bonds. The van der Waals surface area contributed by atoms with Gasteiger partial charge in [-0.3, -0.25) is 4.57 Å². The fraction of sp³-hybridized carbons (Fsp3) is 0.767. The van der Waals surface area contributed by atoms with Crippen LogP contribution in [0.1, 0.15) is 74.2 Å². The van der Waals surface area contributed by atoms with Gasteiger partial charge in [0, 0.05) is 0 Å². The van der Waals surface area contributed by atoms with Crippen LogP contribution in [-0.4, -0.2) is 69.4 Å². The third-order valence-corrected chi connectivity index (χ3v) is 23.6. The molecular formula is C30H57N5O4Si3. The topological polar surface area (TPSA) is 107 Å². The second-order valence-corrected chi connectivity index (χ2v) is 30.6. The van der Waals surface area contributed by atoms with E-state index >= 15 is 0 Å². The van der Waals surface area contributed by atoms with E-state index in [4.69, 9.17) is 23.7 Å². The summed E-state index contributed by atoms with van der Waals surface area (Å²) in [5.74, 6) is 0.158. The lowest BCUT2D eigenvalue weighted by molar-refractivity contribution is -0.0470.